The molecule has 0 saturated heterocycles. The number of rotatable bonds is 25. The largest absolute Gasteiger partial charge is 0.460 e. The number of hydrogen-bond acceptors (Lipinski definition) is 1. The molecule has 0 unspecified atom stereocenters. The van der Waals surface area contributed by atoms with Gasteiger partial charge in [0.25, 0.3) is 5.91 Å². The molecule has 0 rings (SSSR count). The number of unbranched alkanes of at least 4 members (excludes halogenated alkanes) is 14. The van der Waals surface area contributed by atoms with Crippen molar-refractivity contribution >= 4 is 5.91 Å². The van der Waals surface area contributed by atoms with Gasteiger partial charge in [0.2, 0.25) is 0 Å². The van der Waals surface area contributed by atoms with Crippen LogP contribution in [0.25, 0.3) is 0 Å². The highest BCUT2D eigenvalue weighted by atomic mass is 19.4. The van der Waals surface area contributed by atoms with E-state index in [1.807, 2.05) is 13.8 Å². The fourth-order valence-corrected chi connectivity index (χ4v) is 4.68. The van der Waals surface area contributed by atoms with Crippen LogP contribution in [0.4, 0.5) is 74.6 Å². The maximum Gasteiger partial charge on any atom is 0.460 e. The minimum atomic E-state index is -8.72. The molecule has 0 heterocycles. The van der Waals surface area contributed by atoms with Gasteiger partial charge < -0.3 is 4.90 Å². The molecule has 19 heteroatoms. The molecule has 48 heavy (non-hydrogen) atoms. The second-order valence-electron chi connectivity index (χ2n) is 11.8. The third-order valence-electron chi connectivity index (χ3n) is 7.84. The lowest BCUT2D eigenvalue weighted by Gasteiger charge is -2.43. The molecular weight excluding hydrogens is 701 g/mol. The van der Waals surface area contributed by atoms with E-state index >= 15 is 0 Å². The topological polar surface area (TPSA) is 20.3 Å². The Morgan fingerprint density at radius 3 is 0.917 bits per heavy atom. The lowest BCUT2D eigenvalue weighted by atomic mass is 9.88. The minimum absolute atomic E-state index is 0.110. The van der Waals surface area contributed by atoms with Gasteiger partial charge in [-0.25, -0.2) is 0 Å². The summed E-state index contributed by atoms with van der Waals surface area (Å²) in [6.45, 7) is 2.23. The highest BCUT2D eigenvalue weighted by Gasteiger charge is 2.95. The van der Waals surface area contributed by atoms with Crippen LogP contribution in [0.5, 0.6) is 0 Å². The van der Waals surface area contributed by atoms with Crippen molar-refractivity contribution in [1.29, 1.82) is 0 Å². The van der Waals surface area contributed by atoms with Crippen LogP contribution >= 0.6 is 0 Å². The van der Waals surface area contributed by atoms with E-state index in [0.29, 0.717) is 25.7 Å². The second-order valence-corrected chi connectivity index (χ2v) is 11.8. The Morgan fingerprint density at radius 1 is 0.375 bits per heavy atom. The Hall–Kier alpha value is -1.72. The number of carbonyl (C=O) groups excluding carboxylic acids is 1. The number of alkyl halides is 17. The zero-order chi connectivity index (χ0) is 37.9. The van der Waals surface area contributed by atoms with Gasteiger partial charge in [-0.05, 0) is 12.8 Å². The Labute approximate surface area is 268 Å². The Balaban J connectivity index is 6.23. The van der Waals surface area contributed by atoms with Crippen LogP contribution in [0.1, 0.15) is 117 Å². The number of nitrogens with zero attached hydrogens (tertiary/aromatic N) is 1. The molecule has 0 atom stereocenters. The first kappa shape index (κ1) is 46.3. The predicted molar refractivity (Wildman–Crippen MR) is 142 cm³/mol. The van der Waals surface area contributed by atoms with Gasteiger partial charge in [0, 0.05) is 13.1 Å². The lowest BCUT2D eigenvalue weighted by molar-refractivity contribution is -0.459. The van der Waals surface area contributed by atoms with Gasteiger partial charge in [-0.3, -0.25) is 4.79 Å². The molecule has 0 fully saturated rings. The molecule has 0 aliphatic heterocycles. The third kappa shape index (κ3) is 9.95. The summed E-state index contributed by atoms with van der Waals surface area (Å²) >= 11 is 0. The molecule has 0 N–H and O–H groups in total. The number of halogens is 17. The summed E-state index contributed by atoms with van der Waals surface area (Å²) in [4.78, 5) is 12.4. The molecule has 0 aromatic heterocycles. The van der Waals surface area contributed by atoms with Crippen LogP contribution in [0.15, 0.2) is 0 Å². The van der Waals surface area contributed by atoms with Crippen molar-refractivity contribution in [3.8, 4) is 0 Å². The van der Waals surface area contributed by atoms with Gasteiger partial charge in [0.05, 0.1) is 0 Å². The molecule has 0 aromatic rings. The summed E-state index contributed by atoms with van der Waals surface area (Å²) in [5, 5.41) is 0. The van der Waals surface area contributed by atoms with E-state index in [9.17, 15) is 79.4 Å². The smallest absolute Gasteiger partial charge is 0.337 e. The zero-order valence-corrected chi connectivity index (χ0v) is 26.5. The fraction of sp³-hybridized carbons (Fsp3) is 0.966. The average Bonchev–Trinajstić information content (AvgIpc) is 2.97. The lowest BCUT2D eigenvalue weighted by Crippen LogP contribution is -2.75. The molecule has 1 amide bonds. The average molecular weight is 744 g/mol. The Kier molecular flexibility index (Phi) is 17.3. The molecule has 0 aliphatic rings. The van der Waals surface area contributed by atoms with Crippen molar-refractivity contribution in [3.63, 3.8) is 0 Å². The van der Waals surface area contributed by atoms with E-state index in [4.69, 9.17) is 0 Å². The summed E-state index contributed by atoms with van der Waals surface area (Å²) in [5.74, 6) is -61.1. The first-order valence-electron chi connectivity index (χ1n) is 15.7. The summed E-state index contributed by atoms with van der Waals surface area (Å²) in [6, 6.07) is 0. The fourth-order valence-electron chi connectivity index (χ4n) is 4.68. The van der Waals surface area contributed by atoms with Gasteiger partial charge in [-0.15, -0.1) is 0 Å². The highest BCUT2D eigenvalue weighted by Crippen LogP contribution is 2.64. The van der Waals surface area contributed by atoms with Gasteiger partial charge in [0.1, 0.15) is 0 Å². The summed E-state index contributed by atoms with van der Waals surface area (Å²) < 4.78 is 233. The molecule has 0 aliphatic carbocycles. The van der Waals surface area contributed by atoms with E-state index < -0.39 is 66.6 Å². The van der Waals surface area contributed by atoms with E-state index in [1.54, 1.807) is 0 Å². The molecule has 0 saturated carbocycles. The number of hydrogen-bond donors (Lipinski definition) is 0. The molecule has 0 radical (unpaired) electrons. The Bertz CT molecular complexity index is 931. The van der Waals surface area contributed by atoms with Crippen molar-refractivity contribution in [1.82, 2.24) is 4.90 Å². The standard InChI is InChI=1S/C29H42F17NO/c1-3-5-7-9-11-13-15-17-19-47(20-18-16-14-12-10-8-6-4-2)21(48)22(30,31)23(32,33)24(34,35)25(36,37)26(38,39)27(40,41)28(42,43)29(44,45)46/h3-20H2,1-2H3. The van der Waals surface area contributed by atoms with Crippen molar-refractivity contribution in [3.05, 3.63) is 0 Å². The molecule has 2 nitrogen and oxygen atoms in total. The van der Waals surface area contributed by atoms with Crippen LogP contribution in [-0.2, 0) is 4.79 Å². The quantitative estimate of drug-likeness (QED) is 0.0674. The first-order chi connectivity index (χ1) is 21.7. The van der Waals surface area contributed by atoms with Gasteiger partial charge >= 0.3 is 47.6 Å². The minimum Gasteiger partial charge on any atom is -0.337 e. The normalized spacial score (nSPS) is 14.5. The molecular formula is C29H42F17NO. The Morgan fingerprint density at radius 2 is 0.625 bits per heavy atom. The van der Waals surface area contributed by atoms with Crippen molar-refractivity contribution in [2.45, 2.75) is 164 Å². The summed E-state index contributed by atoms with van der Waals surface area (Å²) in [5.41, 5.74) is 0. The van der Waals surface area contributed by atoms with E-state index in [-0.39, 0.29) is 30.6 Å². The molecule has 0 aromatic carbocycles. The van der Waals surface area contributed by atoms with Gasteiger partial charge in [-0.1, -0.05) is 104 Å². The van der Waals surface area contributed by atoms with Gasteiger partial charge in [0.15, 0.2) is 0 Å². The number of carbonyl (C=O) groups is 1. The van der Waals surface area contributed by atoms with E-state index in [0.717, 1.165) is 51.4 Å². The molecule has 288 valence electrons. The van der Waals surface area contributed by atoms with E-state index in [1.165, 1.54) is 0 Å². The highest BCUT2D eigenvalue weighted by molar-refractivity contribution is 5.85. The second kappa shape index (κ2) is 18.0. The summed E-state index contributed by atoms with van der Waals surface area (Å²) in [7, 11) is 0. The van der Waals surface area contributed by atoms with Crippen LogP contribution in [0, 0.1) is 0 Å². The van der Waals surface area contributed by atoms with Gasteiger partial charge in [-0.2, -0.15) is 74.6 Å². The maximum atomic E-state index is 14.8. The first-order valence-corrected chi connectivity index (χ1v) is 15.7. The van der Waals surface area contributed by atoms with Crippen LogP contribution in [0.2, 0.25) is 0 Å². The van der Waals surface area contributed by atoms with Crippen molar-refractivity contribution in [2.24, 2.45) is 0 Å². The SMILES string of the molecule is CCCCCCCCCCN(CCCCCCCCCC)C(=O)C(F)(F)C(F)(F)C(F)(F)C(F)(F)C(F)(F)C(F)(F)C(F)(F)C(F)(F)F. The van der Waals surface area contributed by atoms with Crippen LogP contribution in [0.3, 0.4) is 0 Å². The van der Waals surface area contributed by atoms with Crippen molar-refractivity contribution < 1.29 is 79.4 Å². The number of amides is 1. The van der Waals surface area contributed by atoms with Crippen molar-refractivity contribution in [2.75, 3.05) is 13.1 Å². The third-order valence-corrected chi connectivity index (χ3v) is 7.84. The van der Waals surface area contributed by atoms with Crippen LogP contribution < -0.4 is 0 Å². The zero-order valence-electron chi connectivity index (χ0n) is 26.5. The monoisotopic (exact) mass is 743 g/mol. The predicted octanol–water partition coefficient (Wildman–Crippen LogP) is 12.1. The summed E-state index contributed by atoms with van der Waals surface area (Å²) in [6.07, 6.45) is 1.27. The maximum absolute atomic E-state index is 14.8. The van der Waals surface area contributed by atoms with Crippen LogP contribution in [-0.4, -0.2) is 71.5 Å². The molecule has 0 bridgehead atoms. The van der Waals surface area contributed by atoms with E-state index in [2.05, 4.69) is 0 Å². The molecule has 0 spiro atoms.